The van der Waals surface area contributed by atoms with Crippen molar-refractivity contribution in [3.8, 4) is 5.75 Å². The fourth-order valence-corrected chi connectivity index (χ4v) is 4.27. The van der Waals surface area contributed by atoms with Gasteiger partial charge in [-0.3, -0.25) is 4.79 Å². The van der Waals surface area contributed by atoms with Gasteiger partial charge in [-0.2, -0.15) is 0 Å². The van der Waals surface area contributed by atoms with Crippen LogP contribution >= 0.6 is 46.4 Å². The van der Waals surface area contributed by atoms with Gasteiger partial charge in [0, 0.05) is 11.9 Å². The van der Waals surface area contributed by atoms with Crippen LogP contribution in [-0.4, -0.2) is 15.8 Å². The quantitative estimate of drug-likeness (QED) is 0.279. The van der Waals surface area contributed by atoms with Gasteiger partial charge >= 0.3 is 6.16 Å². The summed E-state index contributed by atoms with van der Waals surface area (Å²) >= 11 is 24.6. The molecule has 33 heavy (non-hydrogen) atoms. The molecule has 0 spiro atoms. The van der Waals surface area contributed by atoms with E-state index in [-0.39, 0.29) is 5.75 Å². The standard InChI is InChI=1S/C24H15Cl4NO4/c25-17-6-4-14(10-19(17)27)11-29-12-21(33-24(31)32)23(30)16-9-13(5-7-20(16)29)8-15-2-1-3-18(26)22(15)28/h1-7,9-10,12H,8,11H2,(H,31,32). The molecule has 5 nitrogen and oxygen atoms in total. The van der Waals surface area contributed by atoms with E-state index in [1.165, 1.54) is 6.20 Å². The number of carbonyl (C=O) groups is 1. The summed E-state index contributed by atoms with van der Waals surface area (Å²) in [5, 5.41) is 11.1. The molecule has 4 rings (SSSR count). The Kier molecular flexibility index (Phi) is 6.86. The molecule has 0 aliphatic rings. The number of benzene rings is 3. The second-order valence-electron chi connectivity index (χ2n) is 7.31. The maximum absolute atomic E-state index is 13.0. The molecular formula is C24H15Cl4NO4. The van der Waals surface area contributed by atoms with E-state index in [2.05, 4.69) is 0 Å². The number of halogens is 4. The van der Waals surface area contributed by atoms with Gasteiger partial charge in [-0.05, 0) is 53.4 Å². The minimum absolute atomic E-state index is 0.298. The van der Waals surface area contributed by atoms with E-state index in [9.17, 15) is 9.59 Å². The molecule has 0 radical (unpaired) electrons. The minimum Gasteiger partial charge on any atom is -0.449 e. The zero-order chi connectivity index (χ0) is 23.7. The summed E-state index contributed by atoms with van der Waals surface area (Å²) in [6.45, 7) is 0.309. The number of fused-ring (bicyclic) bond motifs is 1. The normalized spacial score (nSPS) is 11.0. The third-order valence-electron chi connectivity index (χ3n) is 5.07. The molecule has 0 saturated heterocycles. The van der Waals surface area contributed by atoms with Crippen LogP contribution in [0.5, 0.6) is 5.75 Å². The molecule has 0 aliphatic heterocycles. The summed E-state index contributed by atoms with van der Waals surface area (Å²) in [7, 11) is 0. The number of ether oxygens (including phenoxy) is 1. The Balaban J connectivity index is 1.82. The van der Waals surface area contributed by atoms with Gasteiger partial charge in [-0.15, -0.1) is 0 Å². The van der Waals surface area contributed by atoms with Crippen LogP contribution in [-0.2, 0) is 13.0 Å². The number of hydrogen-bond donors (Lipinski definition) is 1. The van der Waals surface area contributed by atoms with Crippen molar-refractivity contribution in [1.29, 1.82) is 0 Å². The zero-order valence-corrected chi connectivity index (χ0v) is 19.8. The van der Waals surface area contributed by atoms with Gasteiger partial charge in [-0.1, -0.05) is 70.7 Å². The Morgan fingerprint density at radius 3 is 2.39 bits per heavy atom. The number of pyridine rings is 1. The highest BCUT2D eigenvalue weighted by atomic mass is 35.5. The molecule has 0 amide bonds. The van der Waals surface area contributed by atoms with E-state index in [1.54, 1.807) is 47.0 Å². The third kappa shape index (κ3) is 5.12. The predicted molar refractivity (Wildman–Crippen MR) is 132 cm³/mol. The molecule has 1 aromatic heterocycles. The van der Waals surface area contributed by atoms with Crippen molar-refractivity contribution in [2.45, 2.75) is 13.0 Å². The number of aromatic nitrogens is 1. The van der Waals surface area contributed by atoms with Crippen molar-refractivity contribution < 1.29 is 14.6 Å². The molecule has 0 aliphatic carbocycles. The van der Waals surface area contributed by atoms with E-state index in [0.29, 0.717) is 44.0 Å². The monoisotopic (exact) mass is 521 g/mol. The average Bonchev–Trinajstić information content (AvgIpc) is 2.77. The first kappa shape index (κ1) is 23.5. The molecule has 9 heteroatoms. The highest BCUT2D eigenvalue weighted by molar-refractivity contribution is 6.42. The fourth-order valence-electron chi connectivity index (χ4n) is 3.57. The first-order valence-electron chi connectivity index (χ1n) is 9.66. The van der Waals surface area contributed by atoms with Crippen LogP contribution in [0.4, 0.5) is 4.79 Å². The summed E-state index contributed by atoms with van der Waals surface area (Å²) < 4.78 is 6.49. The predicted octanol–water partition coefficient (Wildman–Crippen LogP) is 7.31. The van der Waals surface area contributed by atoms with Gasteiger partial charge in [0.1, 0.15) is 0 Å². The molecule has 0 unspecified atom stereocenters. The van der Waals surface area contributed by atoms with Crippen LogP contribution in [0.15, 0.2) is 65.6 Å². The van der Waals surface area contributed by atoms with Crippen LogP contribution in [0, 0.1) is 0 Å². The lowest BCUT2D eigenvalue weighted by Gasteiger charge is -2.15. The highest BCUT2D eigenvalue weighted by Gasteiger charge is 2.15. The number of hydrogen-bond acceptors (Lipinski definition) is 3. The molecule has 4 aromatic rings. The molecule has 0 bridgehead atoms. The number of carboxylic acid groups (broad SMARTS) is 1. The molecule has 1 N–H and O–H groups in total. The van der Waals surface area contributed by atoms with E-state index < -0.39 is 11.6 Å². The summed E-state index contributed by atoms with van der Waals surface area (Å²) in [6, 6.07) is 15.9. The molecular weight excluding hydrogens is 508 g/mol. The fraction of sp³-hybridized carbons (Fsp3) is 0.0833. The first-order valence-corrected chi connectivity index (χ1v) is 11.2. The molecule has 0 fully saturated rings. The Labute approximate surface area is 208 Å². The first-order chi connectivity index (χ1) is 15.7. The maximum Gasteiger partial charge on any atom is 0.511 e. The number of rotatable bonds is 5. The SMILES string of the molecule is O=C(O)Oc1cn(Cc2ccc(Cl)c(Cl)c2)c2ccc(Cc3cccc(Cl)c3Cl)cc2c1=O. The van der Waals surface area contributed by atoms with Gasteiger partial charge in [-0.25, -0.2) is 4.79 Å². The average molecular weight is 523 g/mol. The molecule has 3 aromatic carbocycles. The lowest BCUT2D eigenvalue weighted by Crippen LogP contribution is -2.17. The van der Waals surface area contributed by atoms with Crippen LogP contribution in [0.2, 0.25) is 20.1 Å². The van der Waals surface area contributed by atoms with Crippen LogP contribution < -0.4 is 10.2 Å². The molecule has 0 saturated carbocycles. The smallest absolute Gasteiger partial charge is 0.449 e. The molecule has 1 heterocycles. The van der Waals surface area contributed by atoms with Crippen molar-refractivity contribution in [2.75, 3.05) is 0 Å². The lowest BCUT2D eigenvalue weighted by molar-refractivity contribution is 0.144. The van der Waals surface area contributed by atoms with Crippen LogP contribution in [0.3, 0.4) is 0 Å². The Morgan fingerprint density at radius 2 is 1.67 bits per heavy atom. The van der Waals surface area contributed by atoms with E-state index >= 15 is 0 Å². The number of nitrogens with zero attached hydrogens (tertiary/aromatic N) is 1. The van der Waals surface area contributed by atoms with E-state index in [0.717, 1.165) is 16.7 Å². The van der Waals surface area contributed by atoms with E-state index in [1.807, 2.05) is 12.1 Å². The summed E-state index contributed by atoms with van der Waals surface area (Å²) in [5.41, 5.74) is 2.49. The topological polar surface area (TPSA) is 68.5 Å². The largest absolute Gasteiger partial charge is 0.511 e. The zero-order valence-electron chi connectivity index (χ0n) is 16.8. The van der Waals surface area contributed by atoms with Gasteiger partial charge < -0.3 is 14.4 Å². The summed E-state index contributed by atoms with van der Waals surface area (Å²) in [4.78, 5) is 24.2. The van der Waals surface area contributed by atoms with Crippen molar-refractivity contribution in [2.24, 2.45) is 0 Å². The second-order valence-corrected chi connectivity index (χ2v) is 8.91. The summed E-state index contributed by atoms with van der Waals surface area (Å²) in [6.07, 6.45) is 0.231. The highest BCUT2D eigenvalue weighted by Crippen LogP contribution is 2.29. The van der Waals surface area contributed by atoms with Gasteiger partial charge in [0.25, 0.3) is 0 Å². The molecule has 0 atom stereocenters. The summed E-state index contributed by atoms with van der Waals surface area (Å²) in [5.74, 6) is -0.298. The van der Waals surface area contributed by atoms with E-state index in [4.69, 9.17) is 56.2 Å². The minimum atomic E-state index is -1.57. The van der Waals surface area contributed by atoms with Crippen molar-refractivity contribution in [3.63, 3.8) is 0 Å². The van der Waals surface area contributed by atoms with Crippen LogP contribution in [0.1, 0.15) is 16.7 Å². The van der Waals surface area contributed by atoms with Crippen molar-refractivity contribution in [1.82, 2.24) is 4.57 Å². The second kappa shape index (κ2) is 9.65. The lowest BCUT2D eigenvalue weighted by atomic mass is 10.0. The van der Waals surface area contributed by atoms with Crippen molar-refractivity contribution in [3.05, 3.63) is 108 Å². The molecule has 168 valence electrons. The maximum atomic E-state index is 13.0. The Hall–Kier alpha value is -2.70. The van der Waals surface area contributed by atoms with Gasteiger partial charge in [0.15, 0.2) is 5.75 Å². The Morgan fingerprint density at radius 1 is 0.909 bits per heavy atom. The third-order valence-corrected chi connectivity index (χ3v) is 6.67. The van der Waals surface area contributed by atoms with Crippen molar-refractivity contribution >= 4 is 63.5 Å². The van der Waals surface area contributed by atoms with Crippen LogP contribution in [0.25, 0.3) is 10.9 Å². The van der Waals surface area contributed by atoms with Gasteiger partial charge in [0.2, 0.25) is 5.43 Å². The van der Waals surface area contributed by atoms with Gasteiger partial charge in [0.05, 0.1) is 31.8 Å². The Bertz CT molecular complexity index is 1450.